The molecule has 3 aromatic rings. The van der Waals surface area contributed by atoms with Crippen LogP contribution < -0.4 is 15.0 Å². The number of amides is 1. The molecule has 5 rings (SSSR count). The molecular formula is C25H28N4O2. The van der Waals surface area contributed by atoms with Gasteiger partial charge < -0.3 is 15.0 Å². The van der Waals surface area contributed by atoms with Crippen molar-refractivity contribution in [3.8, 4) is 17.0 Å². The predicted octanol–water partition coefficient (Wildman–Crippen LogP) is 3.90. The SMILES string of the molecule is COc1ccc(-c2cc(N3CCC(NC(=O)C4(c5ccccc5)CC4)CC3)n[nH]2)cc1. The molecule has 0 bridgehead atoms. The van der Waals surface area contributed by atoms with E-state index in [1.165, 1.54) is 0 Å². The van der Waals surface area contributed by atoms with Crippen molar-refractivity contribution in [3.63, 3.8) is 0 Å². The standard InChI is InChI=1S/C25H28N4O2/c1-31-21-9-7-18(8-10-21)22-17-23(28-27-22)29-15-11-20(12-16-29)26-24(30)25(13-14-25)19-5-3-2-4-6-19/h2-10,17,20H,11-16H2,1H3,(H,26,30)(H,27,28). The van der Waals surface area contributed by atoms with Gasteiger partial charge >= 0.3 is 0 Å². The van der Waals surface area contributed by atoms with Gasteiger partial charge in [-0.25, -0.2) is 0 Å². The Morgan fingerprint density at radius 2 is 1.81 bits per heavy atom. The summed E-state index contributed by atoms with van der Waals surface area (Å²) >= 11 is 0. The van der Waals surface area contributed by atoms with E-state index in [1.807, 2.05) is 42.5 Å². The van der Waals surface area contributed by atoms with Crippen LogP contribution in [0.25, 0.3) is 11.3 Å². The molecular weight excluding hydrogens is 388 g/mol. The smallest absolute Gasteiger partial charge is 0.230 e. The summed E-state index contributed by atoms with van der Waals surface area (Å²) in [6, 6.07) is 20.5. The number of hydrogen-bond donors (Lipinski definition) is 2. The van der Waals surface area contributed by atoms with Crippen LogP contribution in [0.2, 0.25) is 0 Å². The van der Waals surface area contributed by atoms with E-state index in [0.29, 0.717) is 0 Å². The highest BCUT2D eigenvalue weighted by Gasteiger charge is 2.51. The second-order valence-corrected chi connectivity index (χ2v) is 8.55. The number of nitrogens with zero attached hydrogens (tertiary/aromatic N) is 2. The number of aromatic nitrogens is 2. The van der Waals surface area contributed by atoms with Crippen molar-refractivity contribution in [1.29, 1.82) is 0 Å². The molecule has 31 heavy (non-hydrogen) atoms. The number of H-pyrrole nitrogens is 1. The zero-order chi connectivity index (χ0) is 21.3. The lowest BCUT2D eigenvalue weighted by atomic mass is 9.94. The Balaban J connectivity index is 1.17. The highest BCUT2D eigenvalue weighted by Crippen LogP contribution is 2.48. The van der Waals surface area contributed by atoms with Gasteiger partial charge in [-0.15, -0.1) is 0 Å². The van der Waals surface area contributed by atoms with Gasteiger partial charge in [0, 0.05) is 25.2 Å². The minimum absolute atomic E-state index is 0.193. The molecule has 0 radical (unpaired) electrons. The third kappa shape index (κ3) is 3.90. The maximum Gasteiger partial charge on any atom is 0.230 e. The van der Waals surface area contributed by atoms with Crippen LogP contribution in [0.3, 0.4) is 0 Å². The van der Waals surface area contributed by atoms with Crippen molar-refractivity contribution >= 4 is 11.7 Å². The summed E-state index contributed by atoms with van der Waals surface area (Å²) in [7, 11) is 1.67. The normalized spacial score (nSPS) is 17.9. The Kier molecular flexibility index (Phi) is 5.14. The van der Waals surface area contributed by atoms with Gasteiger partial charge in [0.15, 0.2) is 5.82 Å². The van der Waals surface area contributed by atoms with E-state index in [2.05, 4.69) is 38.6 Å². The number of carbonyl (C=O) groups excluding carboxylic acids is 1. The van der Waals surface area contributed by atoms with Crippen molar-refractivity contribution in [2.75, 3.05) is 25.1 Å². The van der Waals surface area contributed by atoms with Crippen LogP contribution in [0.4, 0.5) is 5.82 Å². The number of rotatable bonds is 6. The van der Waals surface area contributed by atoms with E-state index in [4.69, 9.17) is 4.74 Å². The first kappa shape index (κ1) is 19.7. The number of hydrogen-bond acceptors (Lipinski definition) is 4. The number of piperidine rings is 1. The lowest BCUT2D eigenvalue weighted by molar-refractivity contribution is -0.124. The van der Waals surface area contributed by atoms with Crippen LogP contribution in [-0.2, 0) is 10.2 Å². The van der Waals surface area contributed by atoms with Crippen LogP contribution in [0.1, 0.15) is 31.2 Å². The third-order valence-corrected chi connectivity index (χ3v) is 6.63. The molecule has 0 spiro atoms. The van der Waals surface area contributed by atoms with Gasteiger partial charge in [0.25, 0.3) is 0 Å². The van der Waals surface area contributed by atoms with Gasteiger partial charge in [0.1, 0.15) is 5.75 Å². The Morgan fingerprint density at radius 3 is 2.45 bits per heavy atom. The summed E-state index contributed by atoms with van der Waals surface area (Å²) in [5.41, 5.74) is 2.92. The summed E-state index contributed by atoms with van der Waals surface area (Å²) in [5.74, 6) is 1.99. The van der Waals surface area contributed by atoms with Crippen LogP contribution in [0.15, 0.2) is 60.7 Å². The molecule has 0 unspecified atom stereocenters. The zero-order valence-corrected chi connectivity index (χ0v) is 17.8. The molecule has 1 saturated carbocycles. The number of nitrogens with one attached hydrogen (secondary N) is 2. The van der Waals surface area contributed by atoms with Crippen molar-refractivity contribution in [2.24, 2.45) is 0 Å². The molecule has 1 saturated heterocycles. The van der Waals surface area contributed by atoms with E-state index in [1.54, 1.807) is 7.11 Å². The number of anilines is 1. The highest BCUT2D eigenvalue weighted by atomic mass is 16.5. The molecule has 6 heteroatoms. The van der Waals surface area contributed by atoms with E-state index in [9.17, 15) is 4.79 Å². The summed E-state index contributed by atoms with van der Waals surface area (Å²) in [6.07, 6.45) is 3.76. The van der Waals surface area contributed by atoms with E-state index in [0.717, 1.165) is 67.2 Å². The van der Waals surface area contributed by atoms with Crippen molar-refractivity contribution < 1.29 is 9.53 Å². The molecule has 1 aliphatic carbocycles. The van der Waals surface area contributed by atoms with Gasteiger partial charge in [-0.2, -0.15) is 5.10 Å². The monoisotopic (exact) mass is 416 g/mol. The quantitative estimate of drug-likeness (QED) is 0.639. The van der Waals surface area contributed by atoms with Crippen molar-refractivity contribution in [2.45, 2.75) is 37.1 Å². The molecule has 2 fully saturated rings. The van der Waals surface area contributed by atoms with Crippen molar-refractivity contribution in [3.05, 3.63) is 66.2 Å². The molecule has 6 nitrogen and oxygen atoms in total. The molecule has 2 N–H and O–H groups in total. The number of ether oxygens (including phenoxy) is 1. The zero-order valence-electron chi connectivity index (χ0n) is 17.8. The van der Waals surface area contributed by atoms with Crippen LogP contribution in [0.5, 0.6) is 5.75 Å². The average Bonchev–Trinajstić information content (AvgIpc) is 3.50. The molecule has 2 aliphatic rings. The molecule has 0 atom stereocenters. The maximum atomic E-state index is 13.0. The molecule has 1 amide bonds. The van der Waals surface area contributed by atoms with Crippen LogP contribution in [0, 0.1) is 0 Å². The highest BCUT2D eigenvalue weighted by molar-refractivity contribution is 5.91. The fourth-order valence-corrected chi connectivity index (χ4v) is 4.50. The fourth-order valence-electron chi connectivity index (χ4n) is 4.50. The number of methoxy groups -OCH3 is 1. The Hall–Kier alpha value is -3.28. The summed E-state index contributed by atoms with van der Waals surface area (Å²) in [5, 5.41) is 11.0. The lowest BCUT2D eigenvalue weighted by Gasteiger charge is -2.33. The second-order valence-electron chi connectivity index (χ2n) is 8.55. The van der Waals surface area contributed by atoms with Gasteiger partial charge in [-0.1, -0.05) is 30.3 Å². The number of benzene rings is 2. The van der Waals surface area contributed by atoms with E-state index in [-0.39, 0.29) is 17.4 Å². The van der Waals surface area contributed by atoms with E-state index < -0.39 is 0 Å². The minimum atomic E-state index is -0.298. The molecule has 1 aromatic heterocycles. The topological polar surface area (TPSA) is 70.2 Å². The Labute approximate surface area is 182 Å². The fraction of sp³-hybridized carbons (Fsp3) is 0.360. The predicted molar refractivity (Wildman–Crippen MR) is 121 cm³/mol. The van der Waals surface area contributed by atoms with Gasteiger partial charge in [-0.05, 0) is 61.1 Å². The van der Waals surface area contributed by atoms with Crippen LogP contribution >= 0.6 is 0 Å². The largest absolute Gasteiger partial charge is 0.497 e. The summed E-state index contributed by atoms with van der Waals surface area (Å²) < 4.78 is 5.23. The second kappa shape index (κ2) is 8.10. The molecule has 2 heterocycles. The van der Waals surface area contributed by atoms with Crippen LogP contribution in [-0.4, -0.2) is 42.3 Å². The van der Waals surface area contributed by atoms with Crippen molar-refractivity contribution in [1.82, 2.24) is 15.5 Å². The Morgan fingerprint density at radius 1 is 1.10 bits per heavy atom. The number of aromatic amines is 1. The van der Waals surface area contributed by atoms with Gasteiger partial charge in [0.2, 0.25) is 5.91 Å². The molecule has 160 valence electrons. The Bertz CT molecular complexity index is 1030. The van der Waals surface area contributed by atoms with Gasteiger partial charge in [-0.3, -0.25) is 9.89 Å². The van der Waals surface area contributed by atoms with E-state index >= 15 is 0 Å². The first-order chi connectivity index (χ1) is 15.2. The minimum Gasteiger partial charge on any atom is -0.497 e. The van der Waals surface area contributed by atoms with Gasteiger partial charge in [0.05, 0.1) is 18.2 Å². The first-order valence-corrected chi connectivity index (χ1v) is 11.0. The maximum absolute atomic E-state index is 13.0. The first-order valence-electron chi connectivity index (χ1n) is 11.0. The lowest BCUT2D eigenvalue weighted by Crippen LogP contribution is -2.47. The number of carbonyl (C=O) groups is 1. The average molecular weight is 417 g/mol. The molecule has 2 aromatic carbocycles. The summed E-state index contributed by atoms with van der Waals surface area (Å²) in [6.45, 7) is 1.77. The molecule has 1 aliphatic heterocycles. The third-order valence-electron chi connectivity index (χ3n) is 6.63. The summed E-state index contributed by atoms with van der Waals surface area (Å²) in [4.78, 5) is 15.3.